The molecule has 0 spiro atoms. The van der Waals surface area contributed by atoms with Gasteiger partial charge < -0.3 is 14.2 Å². The maximum absolute atomic E-state index is 12.7. The van der Waals surface area contributed by atoms with E-state index in [2.05, 4.69) is 57.2 Å². The molecule has 0 heterocycles. The van der Waals surface area contributed by atoms with Crippen molar-refractivity contribution in [1.29, 1.82) is 0 Å². The van der Waals surface area contributed by atoms with Gasteiger partial charge in [-0.15, -0.1) is 0 Å². The monoisotopic (exact) mass is 857 g/mol. The third-order valence-corrected chi connectivity index (χ3v) is 11.6. The minimum Gasteiger partial charge on any atom is -0.462 e. The van der Waals surface area contributed by atoms with Crippen molar-refractivity contribution in [2.45, 2.75) is 284 Å². The van der Waals surface area contributed by atoms with Crippen LogP contribution in [0.15, 0.2) is 36.5 Å². The number of rotatable bonds is 48. The second-order valence-corrected chi connectivity index (χ2v) is 17.8. The SMILES string of the molecule is CCCCCCC/C=C\C/C=C\CCCCCCCCCCCCCC(=O)OCC(COC(=O)CCCCCCCC)OC(=O)CCCCCCC/C=C\CCCCCCC. The minimum absolute atomic E-state index is 0.0746. The van der Waals surface area contributed by atoms with Gasteiger partial charge in [0, 0.05) is 19.3 Å². The van der Waals surface area contributed by atoms with Crippen LogP contribution < -0.4 is 0 Å². The van der Waals surface area contributed by atoms with E-state index >= 15 is 0 Å². The zero-order valence-corrected chi connectivity index (χ0v) is 40.7. The van der Waals surface area contributed by atoms with Gasteiger partial charge in [-0.2, -0.15) is 0 Å². The molecular formula is C55H100O6. The number of allylic oxidation sites excluding steroid dienone is 6. The molecule has 0 N–H and O–H groups in total. The van der Waals surface area contributed by atoms with Crippen molar-refractivity contribution in [1.82, 2.24) is 0 Å². The maximum atomic E-state index is 12.7. The number of unbranched alkanes of at least 4 members (excludes halogenated alkanes) is 31. The van der Waals surface area contributed by atoms with Gasteiger partial charge >= 0.3 is 17.9 Å². The van der Waals surface area contributed by atoms with Gasteiger partial charge in [0.2, 0.25) is 0 Å². The van der Waals surface area contributed by atoms with Crippen molar-refractivity contribution in [3.05, 3.63) is 36.5 Å². The molecule has 356 valence electrons. The van der Waals surface area contributed by atoms with E-state index in [9.17, 15) is 14.4 Å². The lowest BCUT2D eigenvalue weighted by atomic mass is 10.0. The summed E-state index contributed by atoms with van der Waals surface area (Å²) in [7, 11) is 0. The van der Waals surface area contributed by atoms with Gasteiger partial charge in [0.15, 0.2) is 6.10 Å². The van der Waals surface area contributed by atoms with E-state index in [1.54, 1.807) is 0 Å². The highest BCUT2D eigenvalue weighted by Crippen LogP contribution is 2.15. The molecule has 0 aliphatic heterocycles. The number of ether oxygens (including phenoxy) is 3. The molecule has 0 aliphatic rings. The molecule has 61 heavy (non-hydrogen) atoms. The molecular weight excluding hydrogens is 757 g/mol. The standard InChI is InChI=1S/C55H100O6/c1-4-7-10-13-16-18-20-22-24-25-26-27-28-29-30-31-32-34-35-37-39-42-45-48-54(57)60-51-52(50-59-53(56)47-44-41-15-12-9-6-3)61-55(58)49-46-43-40-38-36-33-23-21-19-17-14-11-8-5-2/h20-23,25-26,52H,4-19,24,27-51H2,1-3H3/b22-20-,23-21-,26-25-. The summed E-state index contributed by atoms with van der Waals surface area (Å²) < 4.78 is 16.7. The van der Waals surface area contributed by atoms with E-state index in [4.69, 9.17) is 14.2 Å². The zero-order chi connectivity index (χ0) is 44.4. The van der Waals surface area contributed by atoms with Crippen LogP contribution in [0.3, 0.4) is 0 Å². The summed E-state index contributed by atoms with van der Waals surface area (Å²) in [5.74, 6) is -0.886. The summed E-state index contributed by atoms with van der Waals surface area (Å²) in [5, 5.41) is 0. The normalized spacial score (nSPS) is 12.2. The molecule has 1 atom stereocenters. The largest absolute Gasteiger partial charge is 0.462 e. The lowest BCUT2D eigenvalue weighted by Gasteiger charge is -2.18. The van der Waals surface area contributed by atoms with Gasteiger partial charge in [0.25, 0.3) is 0 Å². The Labute approximate surface area is 378 Å². The Morgan fingerprint density at radius 3 is 0.918 bits per heavy atom. The molecule has 0 aromatic heterocycles. The Balaban J connectivity index is 4.13. The van der Waals surface area contributed by atoms with E-state index in [0.717, 1.165) is 70.6 Å². The van der Waals surface area contributed by atoms with E-state index < -0.39 is 6.10 Å². The summed E-state index contributed by atoms with van der Waals surface area (Å²) in [6, 6.07) is 0. The van der Waals surface area contributed by atoms with Gasteiger partial charge in [-0.3, -0.25) is 14.4 Å². The third-order valence-electron chi connectivity index (χ3n) is 11.6. The highest BCUT2D eigenvalue weighted by molar-refractivity contribution is 5.71. The molecule has 0 aromatic carbocycles. The Kier molecular flexibility index (Phi) is 48.3. The first-order chi connectivity index (χ1) is 30.0. The predicted molar refractivity (Wildman–Crippen MR) is 261 cm³/mol. The van der Waals surface area contributed by atoms with Crippen molar-refractivity contribution in [2.75, 3.05) is 13.2 Å². The van der Waals surface area contributed by atoms with Crippen LogP contribution >= 0.6 is 0 Å². The van der Waals surface area contributed by atoms with Crippen LogP contribution in [-0.2, 0) is 28.6 Å². The molecule has 6 heteroatoms. The van der Waals surface area contributed by atoms with Crippen molar-refractivity contribution in [3.63, 3.8) is 0 Å². The minimum atomic E-state index is -0.771. The van der Waals surface area contributed by atoms with Crippen LogP contribution in [0, 0.1) is 0 Å². The second-order valence-electron chi connectivity index (χ2n) is 17.8. The van der Waals surface area contributed by atoms with Gasteiger partial charge in [0.05, 0.1) is 0 Å². The molecule has 1 unspecified atom stereocenters. The van der Waals surface area contributed by atoms with Gasteiger partial charge in [-0.05, 0) is 77.0 Å². The van der Waals surface area contributed by atoms with E-state index in [-0.39, 0.29) is 31.1 Å². The van der Waals surface area contributed by atoms with E-state index in [0.29, 0.717) is 19.3 Å². The fraction of sp³-hybridized carbons (Fsp3) is 0.836. The molecule has 6 nitrogen and oxygen atoms in total. The Morgan fingerprint density at radius 1 is 0.328 bits per heavy atom. The predicted octanol–water partition coefficient (Wildman–Crippen LogP) is 17.3. The first kappa shape index (κ1) is 58.6. The van der Waals surface area contributed by atoms with Crippen molar-refractivity contribution in [2.24, 2.45) is 0 Å². The van der Waals surface area contributed by atoms with Crippen LogP contribution in [0.4, 0.5) is 0 Å². The van der Waals surface area contributed by atoms with Crippen LogP contribution in [0.1, 0.15) is 278 Å². The number of hydrogen-bond acceptors (Lipinski definition) is 6. The van der Waals surface area contributed by atoms with Gasteiger partial charge in [-0.25, -0.2) is 0 Å². The van der Waals surface area contributed by atoms with Crippen molar-refractivity contribution < 1.29 is 28.6 Å². The average Bonchev–Trinajstić information content (AvgIpc) is 3.26. The fourth-order valence-electron chi connectivity index (χ4n) is 7.59. The lowest BCUT2D eigenvalue weighted by molar-refractivity contribution is -0.167. The number of esters is 3. The van der Waals surface area contributed by atoms with Crippen LogP contribution in [0.2, 0.25) is 0 Å². The summed E-state index contributed by atoms with van der Waals surface area (Å²) in [6.45, 7) is 6.57. The maximum Gasteiger partial charge on any atom is 0.306 e. The molecule has 0 rings (SSSR count). The zero-order valence-electron chi connectivity index (χ0n) is 40.7. The first-order valence-electron chi connectivity index (χ1n) is 26.5. The Hall–Kier alpha value is -2.37. The topological polar surface area (TPSA) is 78.9 Å². The smallest absolute Gasteiger partial charge is 0.306 e. The summed E-state index contributed by atoms with van der Waals surface area (Å²) >= 11 is 0. The van der Waals surface area contributed by atoms with E-state index in [1.807, 2.05) is 0 Å². The van der Waals surface area contributed by atoms with Crippen molar-refractivity contribution >= 4 is 17.9 Å². The van der Waals surface area contributed by atoms with Gasteiger partial charge in [-0.1, -0.05) is 218 Å². The van der Waals surface area contributed by atoms with Crippen LogP contribution in [0.25, 0.3) is 0 Å². The molecule has 0 amide bonds. The summed E-state index contributed by atoms with van der Waals surface area (Å²) in [6.07, 6.45) is 58.7. The van der Waals surface area contributed by atoms with Crippen LogP contribution in [-0.4, -0.2) is 37.2 Å². The van der Waals surface area contributed by atoms with Crippen LogP contribution in [0.5, 0.6) is 0 Å². The number of hydrogen-bond donors (Lipinski definition) is 0. The first-order valence-corrected chi connectivity index (χ1v) is 26.5. The molecule has 0 fully saturated rings. The Morgan fingerprint density at radius 2 is 0.590 bits per heavy atom. The third kappa shape index (κ3) is 48.5. The van der Waals surface area contributed by atoms with Gasteiger partial charge in [0.1, 0.15) is 13.2 Å². The Bertz CT molecular complexity index is 1030. The number of carbonyl (C=O) groups is 3. The molecule has 0 radical (unpaired) electrons. The summed E-state index contributed by atoms with van der Waals surface area (Å²) in [4.78, 5) is 37.7. The highest BCUT2D eigenvalue weighted by atomic mass is 16.6. The summed E-state index contributed by atoms with van der Waals surface area (Å²) in [5.41, 5.74) is 0. The second kappa shape index (κ2) is 50.3. The van der Waals surface area contributed by atoms with E-state index in [1.165, 1.54) is 167 Å². The quantitative estimate of drug-likeness (QED) is 0.0262. The average molecular weight is 857 g/mol. The van der Waals surface area contributed by atoms with Crippen molar-refractivity contribution in [3.8, 4) is 0 Å². The molecule has 0 aliphatic carbocycles. The lowest BCUT2D eigenvalue weighted by Crippen LogP contribution is -2.30. The fourth-order valence-corrected chi connectivity index (χ4v) is 7.59. The number of carbonyl (C=O) groups excluding carboxylic acids is 3. The molecule has 0 bridgehead atoms. The highest BCUT2D eigenvalue weighted by Gasteiger charge is 2.19. The molecule has 0 saturated heterocycles. The molecule has 0 saturated carbocycles. The molecule has 0 aromatic rings.